The molecular weight excluding hydrogens is 329 g/mol. The topological polar surface area (TPSA) is 64.1 Å². The molecule has 1 aromatic heterocycles. The summed E-state index contributed by atoms with van der Waals surface area (Å²) in [4.78, 5) is 19.7. The Morgan fingerprint density at radius 3 is 2.90 bits per heavy atom. The van der Waals surface area contributed by atoms with Crippen molar-refractivity contribution in [2.45, 2.75) is 6.92 Å². The average molecular weight is 340 g/mol. The van der Waals surface area contributed by atoms with Gasteiger partial charge in [0.05, 0.1) is 12.3 Å². The minimum Gasteiger partial charge on any atom is -0.478 e. The molecule has 1 heterocycles. The molecule has 0 aliphatic heterocycles. The largest absolute Gasteiger partial charge is 0.478 e. The fraction of sp³-hybridized carbons (Fsp3) is 0.154. The Labute approximate surface area is 123 Å². The van der Waals surface area contributed by atoms with Crippen LogP contribution in [0.15, 0.2) is 35.1 Å². The lowest BCUT2D eigenvalue weighted by Crippen LogP contribution is -2.15. The smallest absolute Gasteiger partial charge is 0.274 e. The van der Waals surface area contributed by atoms with Crippen molar-refractivity contribution in [2.24, 2.45) is 0 Å². The third-order valence-electron chi connectivity index (χ3n) is 2.35. The molecule has 0 aliphatic rings. The van der Waals surface area contributed by atoms with Gasteiger partial charge >= 0.3 is 0 Å². The molecule has 1 amide bonds. The number of aromatic nitrogens is 2. The van der Waals surface area contributed by atoms with E-state index >= 15 is 0 Å². The van der Waals surface area contributed by atoms with Gasteiger partial charge in [-0.2, -0.15) is 0 Å². The van der Waals surface area contributed by atoms with Crippen LogP contribution in [0.3, 0.4) is 0 Å². The molecule has 20 heavy (non-hydrogen) atoms. The van der Waals surface area contributed by atoms with Gasteiger partial charge in [-0.05, 0) is 25.1 Å². The normalized spacial score (nSPS) is 10.2. The van der Waals surface area contributed by atoms with E-state index < -0.39 is 11.7 Å². The number of hydrogen-bond donors (Lipinski definition) is 1. The van der Waals surface area contributed by atoms with Crippen LogP contribution >= 0.6 is 15.9 Å². The molecule has 0 radical (unpaired) electrons. The summed E-state index contributed by atoms with van der Waals surface area (Å²) in [7, 11) is 0. The number of nitrogens with zero attached hydrogens (tertiary/aromatic N) is 2. The van der Waals surface area contributed by atoms with Crippen LogP contribution in [-0.4, -0.2) is 22.5 Å². The van der Waals surface area contributed by atoms with Gasteiger partial charge in [-0.1, -0.05) is 15.9 Å². The van der Waals surface area contributed by atoms with Gasteiger partial charge in [0.15, 0.2) is 0 Å². The summed E-state index contributed by atoms with van der Waals surface area (Å²) in [5.41, 5.74) is 0.181. The van der Waals surface area contributed by atoms with Gasteiger partial charge in [0.25, 0.3) is 5.91 Å². The summed E-state index contributed by atoms with van der Waals surface area (Å²) in [6, 6.07) is 5.75. The van der Waals surface area contributed by atoms with E-state index in [9.17, 15) is 9.18 Å². The van der Waals surface area contributed by atoms with Crippen LogP contribution in [0.5, 0.6) is 5.88 Å². The maximum atomic E-state index is 13.6. The lowest BCUT2D eigenvalue weighted by molar-refractivity contribution is 0.102. The molecule has 104 valence electrons. The van der Waals surface area contributed by atoms with Crippen LogP contribution in [0.4, 0.5) is 10.1 Å². The van der Waals surface area contributed by atoms with Crippen molar-refractivity contribution in [3.05, 3.63) is 46.6 Å². The molecule has 0 atom stereocenters. The zero-order valence-electron chi connectivity index (χ0n) is 10.6. The molecule has 0 saturated heterocycles. The van der Waals surface area contributed by atoms with E-state index in [1.807, 2.05) is 0 Å². The maximum absolute atomic E-state index is 13.6. The van der Waals surface area contributed by atoms with Crippen LogP contribution < -0.4 is 10.1 Å². The van der Waals surface area contributed by atoms with E-state index in [0.717, 1.165) is 0 Å². The monoisotopic (exact) mass is 339 g/mol. The molecule has 0 aliphatic carbocycles. The molecule has 0 spiro atoms. The van der Waals surface area contributed by atoms with Crippen molar-refractivity contribution in [3.8, 4) is 5.88 Å². The molecule has 2 rings (SSSR count). The van der Waals surface area contributed by atoms with Gasteiger partial charge in [-0.15, -0.1) is 0 Å². The van der Waals surface area contributed by atoms with Crippen LogP contribution in [0.2, 0.25) is 0 Å². The fourth-order valence-corrected chi connectivity index (χ4v) is 1.80. The molecule has 0 bridgehead atoms. The van der Waals surface area contributed by atoms with Crippen molar-refractivity contribution >= 4 is 27.5 Å². The molecule has 0 saturated carbocycles. The SMILES string of the molecule is CCOc1cc(C(=O)Nc2ccc(Br)cc2F)ncn1. The highest BCUT2D eigenvalue weighted by molar-refractivity contribution is 9.10. The number of benzene rings is 1. The quantitative estimate of drug-likeness (QED) is 0.929. The van der Waals surface area contributed by atoms with E-state index in [4.69, 9.17) is 4.74 Å². The Morgan fingerprint density at radius 2 is 2.20 bits per heavy atom. The maximum Gasteiger partial charge on any atom is 0.274 e. The third kappa shape index (κ3) is 3.51. The fourth-order valence-electron chi connectivity index (χ4n) is 1.47. The van der Waals surface area contributed by atoms with Gasteiger partial charge < -0.3 is 10.1 Å². The van der Waals surface area contributed by atoms with Crippen molar-refractivity contribution < 1.29 is 13.9 Å². The second kappa shape index (κ2) is 6.42. The van der Waals surface area contributed by atoms with Crippen molar-refractivity contribution in [2.75, 3.05) is 11.9 Å². The molecule has 1 aromatic carbocycles. The predicted octanol–water partition coefficient (Wildman–Crippen LogP) is 3.03. The zero-order valence-corrected chi connectivity index (χ0v) is 12.1. The number of carbonyl (C=O) groups excluding carboxylic acids is 1. The number of hydrogen-bond acceptors (Lipinski definition) is 4. The molecule has 2 aromatic rings. The third-order valence-corrected chi connectivity index (χ3v) is 2.84. The van der Waals surface area contributed by atoms with Crippen LogP contribution in [0.1, 0.15) is 17.4 Å². The number of carbonyl (C=O) groups is 1. The summed E-state index contributed by atoms with van der Waals surface area (Å²) in [5, 5.41) is 2.44. The summed E-state index contributed by atoms with van der Waals surface area (Å²) < 4.78 is 19.4. The number of halogens is 2. The average Bonchev–Trinajstić information content (AvgIpc) is 2.42. The number of rotatable bonds is 4. The molecule has 1 N–H and O–H groups in total. The van der Waals surface area contributed by atoms with E-state index in [2.05, 4.69) is 31.2 Å². The van der Waals surface area contributed by atoms with Crippen LogP contribution in [0.25, 0.3) is 0 Å². The molecular formula is C13H11BrFN3O2. The van der Waals surface area contributed by atoms with E-state index in [-0.39, 0.29) is 11.4 Å². The van der Waals surface area contributed by atoms with Gasteiger partial charge in [-0.3, -0.25) is 4.79 Å². The highest BCUT2D eigenvalue weighted by Crippen LogP contribution is 2.20. The summed E-state index contributed by atoms with van der Waals surface area (Å²) in [6.07, 6.45) is 1.22. The van der Waals surface area contributed by atoms with Crippen molar-refractivity contribution in [1.82, 2.24) is 9.97 Å². The van der Waals surface area contributed by atoms with Crippen LogP contribution in [-0.2, 0) is 0 Å². The second-order valence-corrected chi connectivity index (χ2v) is 4.67. The number of ether oxygens (including phenoxy) is 1. The van der Waals surface area contributed by atoms with E-state index in [1.165, 1.54) is 24.5 Å². The highest BCUT2D eigenvalue weighted by Gasteiger charge is 2.12. The molecule has 0 fully saturated rings. The Kier molecular flexibility index (Phi) is 4.62. The first-order valence-corrected chi connectivity index (χ1v) is 6.60. The van der Waals surface area contributed by atoms with E-state index in [0.29, 0.717) is 17.0 Å². The Bertz CT molecular complexity index is 637. The summed E-state index contributed by atoms with van der Waals surface area (Å²) >= 11 is 3.14. The molecule has 7 heteroatoms. The standard InChI is InChI=1S/C13H11BrFN3O2/c1-2-20-12-6-11(16-7-17-12)13(19)18-10-4-3-8(14)5-9(10)15/h3-7H,2H2,1H3,(H,18,19). The van der Waals surface area contributed by atoms with E-state index in [1.54, 1.807) is 13.0 Å². The van der Waals surface area contributed by atoms with Gasteiger partial charge in [0.2, 0.25) is 5.88 Å². The molecule has 5 nitrogen and oxygen atoms in total. The van der Waals surface area contributed by atoms with Gasteiger partial charge in [0.1, 0.15) is 17.8 Å². The lowest BCUT2D eigenvalue weighted by atomic mass is 10.3. The number of anilines is 1. The zero-order chi connectivity index (χ0) is 14.5. The minimum atomic E-state index is -0.535. The Morgan fingerprint density at radius 1 is 1.40 bits per heavy atom. The second-order valence-electron chi connectivity index (χ2n) is 3.75. The van der Waals surface area contributed by atoms with Crippen LogP contribution in [0, 0.1) is 5.82 Å². The first-order valence-electron chi connectivity index (χ1n) is 5.81. The summed E-state index contributed by atoms with van der Waals surface area (Å²) in [6.45, 7) is 2.23. The predicted molar refractivity (Wildman–Crippen MR) is 75.3 cm³/mol. The lowest BCUT2D eigenvalue weighted by Gasteiger charge is -2.07. The van der Waals surface area contributed by atoms with Gasteiger partial charge in [0, 0.05) is 10.5 Å². The first-order chi connectivity index (χ1) is 9.60. The molecule has 0 unspecified atom stereocenters. The first kappa shape index (κ1) is 14.4. The van der Waals surface area contributed by atoms with Gasteiger partial charge in [-0.25, -0.2) is 14.4 Å². The Balaban J connectivity index is 2.17. The number of amides is 1. The Hall–Kier alpha value is -2.02. The van der Waals surface area contributed by atoms with Crippen molar-refractivity contribution in [1.29, 1.82) is 0 Å². The summed E-state index contributed by atoms with van der Waals surface area (Å²) in [5.74, 6) is -0.773. The minimum absolute atomic E-state index is 0.0785. The highest BCUT2D eigenvalue weighted by atomic mass is 79.9. The van der Waals surface area contributed by atoms with Crippen molar-refractivity contribution in [3.63, 3.8) is 0 Å². The number of nitrogens with one attached hydrogen (secondary N) is 1.